The van der Waals surface area contributed by atoms with Crippen LogP contribution in [0.4, 0.5) is 15.8 Å². The zero-order valence-electron chi connectivity index (χ0n) is 21.4. The molecule has 0 aliphatic carbocycles. The van der Waals surface area contributed by atoms with Gasteiger partial charge in [0.1, 0.15) is 5.82 Å². The topological polar surface area (TPSA) is 26.8 Å². The molecule has 3 aliphatic heterocycles. The van der Waals surface area contributed by atoms with Gasteiger partial charge in [-0.2, -0.15) is 0 Å². The van der Waals surface area contributed by atoms with E-state index in [1.165, 1.54) is 41.1 Å². The number of likely N-dealkylation sites (tertiary alicyclic amines) is 1. The molecule has 0 bridgehead atoms. The molecule has 3 aromatic rings. The summed E-state index contributed by atoms with van der Waals surface area (Å²) in [6.07, 6.45) is 2.56. The Labute approximate surface area is 214 Å². The Morgan fingerprint density at radius 1 is 0.944 bits per heavy atom. The van der Waals surface area contributed by atoms with E-state index in [9.17, 15) is 9.18 Å². The van der Waals surface area contributed by atoms with Crippen LogP contribution >= 0.6 is 0 Å². The maximum Gasteiger partial charge on any atom is 0.162 e. The van der Waals surface area contributed by atoms with Gasteiger partial charge in [0.05, 0.1) is 11.4 Å². The summed E-state index contributed by atoms with van der Waals surface area (Å²) in [6, 6.07) is 23.6. The van der Waals surface area contributed by atoms with E-state index in [1.54, 1.807) is 12.1 Å². The number of likely N-dealkylation sites (N-methyl/N-ethyl adjacent to an activating group) is 1. The smallest absolute Gasteiger partial charge is 0.162 e. The lowest BCUT2D eigenvalue weighted by Gasteiger charge is -2.41. The largest absolute Gasteiger partial charge is 0.371 e. The Hall–Kier alpha value is -3.18. The third-order valence-corrected chi connectivity index (χ3v) is 7.87. The summed E-state index contributed by atoms with van der Waals surface area (Å²) < 4.78 is 13.0. The number of carbonyl (C=O) groups is 1. The van der Waals surface area contributed by atoms with Crippen LogP contribution in [0.2, 0.25) is 0 Å². The second-order valence-electron chi connectivity index (χ2n) is 10.3. The van der Waals surface area contributed by atoms with E-state index in [4.69, 9.17) is 0 Å². The van der Waals surface area contributed by atoms with Crippen LogP contribution in [0.1, 0.15) is 46.7 Å². The van der Waals surface area contributed by atoms with Crippen molar-refractivity contribution >= 4 is 17.2 Å². The van der Waals surface area contributed by atoms with Crippen LogP contribution in [0.5, 0.6) is 0 Å². The van der Waals surface area contributed by atoms with E-state index < -0.39 is 0 Å². The minimum absolute atomic E-state index is 0.107. The number of fused-ring (bicyclic) bond motifs is 3. The highest BCUT2D eigenvalue weighted by atomic mass is 19.1. The second-order valence-corrected chi connectivity index (χ2v) is 10.3. The molecule has 1 fully saturated rings. The number of carbonyl (C=O) groups excluding carboxylic acids is 1. The molecule has 0 amide bonds. The van der Waals surface area contributed by atoms with Crippen molar-refractivity contribution in [3.63, 3.8) is 0 Å². The monoisotopic (exact) mass is 485 g/mol. The first-order valence-electron chi connectivity index (χ1n) is 13.1. The van der Waals surface area contributed by atoms with Crippen molar-refractivity contribution in [2.24, 2.45) is 0 Å². The molecule has 6 rings (SSSR count). The number of rotatable bonds is 5. The van der Waals surface area contributed by atoms with Gasteiger partial charge in [-0.15, -0.1) is 0 Å². The molecule has 2 atom stereocenters. The summed E-state index contributed by atoms with van der Waals surface area (Å²) in [4.78, 5) is 19.9. The molecule has 5 heteroatoms. The van der Waals surface area contributed by atoms with Crippen LogP contribution in [0.15, 0.2) is 72.8 Å². The average Bonchev–Trinajstić information content (AvgIpc) is 3.21. The number of hydrogen-bond donors (Lipinski definition) is 0. The van der Waals surface area contributed by atoms with E-state index in [-0.39, 0.29) is 11.6 Å². The molecule has 188 valence electrons. The van der Waals surface area contributed by atoms with E-state index >= 15 is 0 Å². The molecule has 0 spiro atoms. The molecular weight excluding hydrogens is 449 g/mol. The van der Waals surface area contributed by atoms with Crippen molar-refractivity contribution in [3.8, 4) is 0 Å². The van der Waals surface area contributed by atoms with Gasteiger partial charge >= 0.3 is 0 Å². The van der Waals surface area contributed by atoms with Crippen molar-refractivity contribution in [1.82, 2.24) is 4.90 Å². The molecule has 3 aromatic carbocycles. The third-order valence-electron chi connectivity index (χ3n) is 7.87. The highest BCUT2D eigenvalue weighted by Crippen LogP contribution is 2.50. The fraction of sp³-hybridized carbons (Fsp3) is 0.387. The number of Topliss-reactive ketones (excluding diaryl/α,β-unsaturated/α-hetero) is 1. The van der Waals surface area contributed by atoms with Crippen LogP contribution in [-0.4, -0.2) is 56.5 Å². The van der Waals surface area contributed by atoms with Gasteiger partial charge in [-0.25, -0.2) is 4.39 Å². The Kier molecular flexibility index (Phi) is 7.38. The molecule has 0 N–H and O–H groups in total. The minimum Gasteiger partial charge on any atom is -0.371 e. The maximum atomic E-state index is 13.0. The quantitative estimate of drug-likeness (QED) is 0.420. The van der Waals surface area contributed by atoms with E-state index in [2.05, 4.69) is 59.0 Å². The molecule has 0 saturated carbocycles. The van der Waals surface area contributed by atoms with Crippen molar-refractivity contribution < 1.29 is 9.18 Å². The van der Waals surface area contributed by atoms with Gasteiger partial charge in [-0.05, 0) is 62.2 Å². The van der Waals surface area contributed by atoms with Crippen molar-refractivity contribution in [2.45, 2.75) is 38.1 Å². The SMILES string of the molecule is CN1CCN2c3c(cccc31)[C@@H]1CN(CCCC(=O)c3ccc(F)cc3)CC[C@@H]12.Cc1ccccc1. The highest BCUT2D eigenvalue weighted by molar-refractivity contribution is 5.95. The number of aryl methyl sites for hydroxylation is 1. The van der Waals surface area contributed by atoms with Crippen LogP contribution in [0.3, 0.4) is 0 Å². The Bertz CT molecular complexity index is 1180. The van der Waals surface area contributed by atoms with Gasteiger partial charge in [0.15, 0.2) is 5.78 Å². The van der Waals surface area contributed by atoms with E-state index in [0.717, 1.165) is 39.1 Å². The number of piperidine rings is 1. The first kappa shape index (κ1) is 24.5. The van der Waals surface area contributed by atoms with Crippen molar-refractivity contribution in [1.29, 1.82) is 0 Å². The lowest BCUT2D eigenvalue weighted by molar-refractivity contribution is 0.0971. The van der Waals surface area contributed by atoms with Gasteiger partial charge < -0.3 is 14.7 Å². The standard InChI is InChI=1S/C24H28FN3O.C7H8/c1-26-14-15-28-21-11-13-27(16-20(21)19-4-2-5-22(26)24(19)28)12-3-6-23(29)17-7-9-18(25)10-8-17;1-7-5-3-2-4-6-7/h2,4-5,7-10,20-21H,3,6,11-16H2,1H3;2-6H,1H3/t20-,21-;/m0./s1. The molecule has 4 nitrogen and oxygen atoms in total. The maximum absolute atomic E-state index is 13.0. The summed E-state index contributed by atoms with van der Waals surface area (Å²) in [7, 11) is 2.19. The van der Waals surface area contributed by atoms with Crippen molar-refractivity contribution in [2.75, 3.05) is 49.6 Å². The van der Waals surface area contributed by atoms with Gasteiger partial charge in [-0.3, -0.25) is 4.79 Å². The van der Waals surface area contributed by atoms with Crippen LogP contribution in [-0.2, 0) is 0 Å². The summed E-state index contributed by atoms with van der Waals surface area (Å²) in [5.41, 5.74) is 6.28. The van der Waals surface area contributed by atoms with Gasteiger partial charge in [-0.1, -0.05) is 48.0 Å². The number of benzene rings is 3. The molecule has 36 heavy (non-hydrogen) atoms. The van der Waals surface area contributed by atoms with Crippen LogP contribution in [0, 0.1) is 12.7 Å². The second kappa shape index (κ2) is 10.8. The summed E-state index contributed by atoms with van der Waals surface area (Å²) >= 11 is 0. The summed E-state index contributed by atoms with van der Waals surface area (Å²) in [5, 5.41) is 0. The lowest BCUT2D eigenvalue weighted by atomic mass is 9.89. The first-order chi connectivity index (χ1) is 17.5. The minimum atomic E-state index is -0.298. The fourth-order valence-electron chi connectivity index (χ4n) is 5.96. The van der Waals surface area contributed by atoms with E-state index in [1.807, 2.05) is 18.2 Å². The molecule has 0 unspecified atom stereocenters. The van der Waals surface area contributed by atoms with Gasteiger partial charge in [0, 0.05) is 57.2 Å². The molecule has 3 aliphatic rings. The average molecular weight is 486 g/mol. The summed E-state index contributed by atoms with van der Waals surface area (Å²) in [6.45, 7) is 7.42. The number of hydrogen-bond acceptors (Lipinski definition) is 4. The van der Waals surface area contributed by atoms with Gasteiger partial charge in [0.2, 0.25) is 0 Å². The number of halogens is 1. The number of para-hydroxylation sites is 1. The summed E-state index contributed by atoms with van der Waals surface area (Å²) in [5.74, 6) is 0.377. The normalized spacial score (nSPS) is 20.3. The zero-order valence-corrected chi connectivity index (χ0v) is 21.4. The number of anilines is 2. The highest BCUT2D eigenvalue weighted by Gasteiger charge is 2.44. The molecule has 0 radical (unpaired) electrons. The molecular formula is C31H36FN3O. The molecule has 3 heterocycles. The predicted octanol–water partition coefficient (Wildman–Crippen LogP) is 5.91. The van der Waals surface area contributed by atoms with E-state index in [0.29, 0.717) is 23.9 Å². The molecule has 0 aromatic heterocycles. The Morgan fingerprint density at radius 3 is 2.44 bits per heavy atom. The Balaban J connectivity index is 0.000000330. The van der Waals surface area contributed by atoms with Crippen LogP contribution in [0.25, 0.3) is 0 Å². The van der Waals surface area contributed by atoms with Crippen LogP contribution < -0.4 is 9.80 Å². The number of nitrogens with zero attached hydrogens (tertiary/aromatic N) is 3. The lowest BCUT2D eigenvalue weighted by Crippen LogP contribution is -2.49. The molecule has 1 saturated heterocycles. The van der Waals surface area contributed by atoms with Gasteiger partial charge in [0.25, 0.3) is 0 Å². The third kappa shape index (κ3) is 5.17. The fourth-order valence-corrected chi connectivity index (χ4v) is 5.96. The zero-order chi connectivity index (χ0) is 25.1. The Morgan fingerprint density at radius 2 is 1.72 bits per heavy atom. The predicted molar refractivity (Wildman–Crippen MR) is 146 cm³/mol. The number of ketones is 1. The first-order valence-corrected chi connectivity index (χ1v) is 13.1. The van der Waals surface area contributed by atoms with Crippen molar-refractivity contribution in [3.05, 3.63) is 95.3 Å².